The average Bonchev–Trinajstić information content (AvgIpc) is 3.51. The van der Waals surface area contributed by atoms with E-state index in [1.54, 1.807) is 17.5 Å². The fourth-order valence-corrected chi connectivity index (χ4v) is 5.55. The first-order valence-corrected chi connectivity index (χ1v) is 11.8. The molecule has 0 atom stereocenters. The molecule has 0 aliphatic carbocycles. The summed E-state index contributed by atoms with van der Waals surface area (Å²) in [7, 11) is 0. The molecule has 0 bridgehead atoms. The molecular weight excluding hydrogens is 456 g/mol. The molecular formula is C21H13ClN4OS3. The van der Waals surface area contributed by atoms with Crippen LogP contribution in [0.25, 0.3) is 16.4 Å². The SMILES string of the molecule is Clc1cnc(Sc2nnc(-c3cccs3)n2-c2ccc(Oc3ccccc3)cc2)s1. The average molecular weight is 469 g/mol. The van der Waals surface area contributed by atoms with E-state index in [0.717, 1.165) is 37.4 Å². The molecule has 148 valence electrons. The molecule has 0 fully saturated rings. The van der Waals surface area contributed by atoms with Gasteiger partial charge in [0.05, 0.1) is 16.8 Å². The molecule has 0 saturated carbocycles. The Labute approximate surface area is 190 Å². The Bertz CT molecular complexity index is 1250. The van der Waals surface area contributed by atoms with Gasteiger partial charge in [-0.3, -0.25) is 4.57 Å². The van der Waals surface area contributed by atoms with E-state index in [1.165, 1.54) is 23.1 Å². The molecule has 0 aliphatic rings. The zero-order valence-corrected chi connectivity index (χ0v) is 18.5. The summed E-state index contributed by atoms with van der Waals surface area (Å²) >= 11 is 10.5. The van der Waals surface area contributed by atoms with E-state index in [1.807, 2.05) is 76.7 Å². The van der Waals surface area contributed by atoms with Gasteiger partial charge in [-0.15, -0.1) is 21.5 Å². The van der Waals surface area contributed by atoms with Crippen molar-refractivity contribution in [3.05, 3.63) is 82.6 Å². The van der Waals surface area contributed by atoms with E-state index in [0.29, 0.717) is 4.34 Å². The van der Waals surface area contributed by atoms with E-state index >= 15 is 0 Å². The molecule has 9 heteroatoms. The summed E-state index contributed by atoms with van der Waals surface area (Å²) in [6.45, 7) is 0. The molecule has 2 aromatic carbocycles. The third kappa shape index (κ3) is 4.13. The first-order valence-electron chi connectivity index (χ1n) is 8.88. The highest BCUT2D eigenvalue weighted by Crippen LogP contribution is 2.36. The van der Waals surface area contributed by atoms with Crippen LogP contribution in [0.15, 0.2) is 87.8 Å². The van der Waals surface area contributed by atoms with Crippen LogP contribution in [0.2, 0.25) is 4.34 Å². The van der Waals surface area contributed by atoms with Gasteiger partial charge in [-0.05, 0) is 59.6 Å². The van der Waals surface area contributed by atoms with Crippen molar-refractivity contribution in [1.29, 1.82) is 0 Å². The zero-order chi connectivity index (χ0) is 20.3. The van der Waals surface area contributed by atoms with E-state index in [-0.39, 0.29) is 0 Å². The van der Waals surface area contributed by atoms with Crippen molar-refractivity contribution in [2.45, 2.75) is 9.50 Å². The van der Waals surface area contributed by atoms with Gasteiger partial charge in [0.25, 0.3) is 0 Å². The van der Waals surface area contributed by atoms with Crippen LogP contribution in [0.5, 0.6) is 11.5 Å². The highest BCUT2D eigenvalue weighted by molar-refractivity contribution is 8.00. The molecule has 3 aromatic heterocycles. The molecule has 0 radical (unpaired) electrons. The topological polar surface area (TPSA) is 52.8 Å². The lowest BCUT2D eigenvalue weighted by atomic mass is 10.3. The van der Waals surface area contributed by atoms with E-state index in [9.17, 15) is 0 Å². The lowest BCUT2D eigenvalue weighted by Crippen LogP contribution is -1.98. The normalized spacial score (nSPS) is 11.0. The summed E-state index contributed by atoms with van der Waals surface area (Å²) in [5.74, 6) is 2.34. The van der Waals surface area contributed by atoms with Gasteiger partial charge >= 0.3 is 0 Å². The third-order valence-corrected chi connectivity index (χ3v) is 7.09. The summed E-state index contributed by atoms with van der Waals surface area (Å²) in [4.78, 5) is 5.37. The quantitative estimate of drug-likeness (QED) is 0.267. The third-order valence-electron chi connectivity index (χ3n) is 4.08. The number of nitrogens with zero attached hydrogens (tertiary/aromatic N) is 4. The first kappa shape index (κ1) is 19.3. The number of rotatable bonds is 6. The second-order valence-corrected chi connectivity index (χ2v) is 9.88. The summed E-state index contributed by atoms with van der Waals surface area (Å²) in [5.41, 5.74) is 0.939. The van der Waals surface area contributed by atoms with Crippen LogP contribution in [0, 0.1) is 0 Å². The predicted octanol–water partition coefficient (Wildman–Crippen LogP) is 7.05. The molecule has 0 aliphatic heterocycles. The number of ether oxygens (including phenoxy) is 1. The standard InChI is InChI=1S/C21H13ClN4OS3/c22-18-13-23-21(29-18)30-20-25-24-19(17-7-4-12-28-17)26(20)14-8-10-16(11-9-14)27-15-5-2-1-3-6-15/h1-13H. The highest BCUT2D eigenvalue weighted by Gasteiger charge is 2.18. The lowest BCUT2D eigenvalue weighted by molar-refractivity contribution is 0.482. The van der Waals surface area contributed by atoms with Gasteiger partial charge < -0.3 is 4.74 Å². The van der Waals surface area contributed by atoms with Gasteiger partial charge in [-0.25, -0.2) is 4.98 Å². The number of thiophene rings is 1. The Morgan fingerprint density at radius 3 is 2.40 bits per heavy atom. The molecule has 0 unspecified atom stereocenters. The zero-order valence-electron chi connectivity index (χ0n) is 15.3. The number of hydrogen-bond acceptors (Lipinski definition) is 7. The van der Waals surface area contributed by atoms with Crippen LogP contribution in [0.3, 0.4) is 0 Å². The Hall–Kier alpha value is -2.65. The molecule has 3 heterocycles. The van der Waals surface area contributed by atoms with Crippen LogP contribution < -0.4 is 4.74 Å². The van der Waals surface area contributed by atoms with Gasteiger partial charge in [0, 0.05) is 0 Å². The van der Waals surface area contributed by atoms with Gasteiger partial charge in [-0.1, -0.05) is 47.2 Å². The minimum absolute atomic E-state index is 0.643. The fraction of sp³-hybridized carbons (Fsp3) is 0. The second kappa shape index (κ2) is 8.61. The molecule has 30 heavy (non-hydrogen) atoms. The van der Waals surface area contributed by atoms with Crippen molar-refractivity contribution >= 4 is 46.0 Å². The summed E-state index contributed by atoms with van der Waals surface area (Å²) in [5, 5.41) is 11.6. The Balaban J connectivity index is 1.50. The Morgan fingerprint density at radius 1 is 0.900 bits per heavy atom. The lowest BCUT2D eigenvalue weighted by Gasteiger charge is -2.10. The molecule has 0 spiro atoms. The predicted molar refractivity (Wildman–Crippen MR) is 122 cm³/mol. The fourth-order valence-electron chi connectivity index (χ4n) is 2.79. The molecule has 0 amide bonds. The van der Waals surface area contributed by atoms with E-state index in [4.69, 9.17) is 16.3 Å². The van der Waals surface area contributed by atoms with Gasteiger partial charge in [0.15, 0.2) is 10.2 Å². The monoisotopic (exact) mass is 468 g/mol. The summed E-state index contributed by atoms with van der Waals surface area (Å²) in [6, 6.07) is 21.6. The number of thiazole rings is 1. The van der Waals surface area contributed by atoms with Crippen molar-refractivity contribution in [1.82, 2.24) is 19.7 Å². The van der Waals surface area contributed by atoms with Crippen molar-refractivity contribution in [3.63, 3.8) is 0 Å². The Kier molecular flexibility index (Phi) is 5.54. The van der Waals surface area contributed by atoms with Crippen molar-refractivity contribution in [2.24, 2.45) is 0 Å². The largest absolute Gasteiger partial charge is 0.457 e. The number of benzene rings is 2. The number of aromatic nitrogens is 4. The summed E-state index contributed by atoms with van der Waals surface area (Å²) < 4.78 is 9.40. The minimum Gasteiger partial charge on any atom is -0.457 e. The smallest absolute Gasteiger partial charge is 0.203 e. The maximum atomic E-state index is 6.04. The van der Waals surface area contributed by atoms with Crippen LogP contribution in [-0.4, -0.2) is 19.7 Å². The second-order valence-electron chi connectivity index (χ2n) is 6.06. The van der Waals surface area contributed by atoms with Crippen LogP contribution >= 0.6 is 46.0 Å². The van der Waals surface area contributed by atoms with Gasteiger partial charge in [-0.2, -0.15) is 0 Å². The molecule has 5 rings (SSSR count). The minimum atomic E-state index is 0.643. The Morgan fingerprint density at radius 2 is 1.70 bits per heavy atom. The molecule has 0 N–H and O–H groups in total. The number of para-hydroxylation sites is 1. The van der Waals surface area contributed by atoms with E-state index in [2.05, 4.69) is 15.2 Å². The maximum Gasteiger partial charge on any atom is 0.203 e. The van der Waals surface area contributed by atoms with Crippen molar-refractivity contribution < 1.29 is 4.74 Å². The van der Waals surface area contributed by atoms with Crippen molar-refractivity contribution in [3.8, 4) is 27.9 Å². The van der Waals surface area contributed by atoms with Crippen LogP contribution in [0.4, 0.5) is 0 Å². The molecule has 5 nitrogen and oxygen atoms in total. The van der Waals surface area contributed by atoms with E-state index < -0.39 is 0 Å². The molecule has 5 aromatic rings. The van der Waals surface area contributed by atoms with Gasteiger partial charge in [0.2, 0.25) is 5.16 Å². The maximum absolute atomic E-state index is 6.04. The van der Waals surface area contributed by atoms with Crippen LogP contribution in [-0.2, 0) is 0 Å². The van der Waals surface area contributed by atoms with Crippen molar-refractivity contribution in [2.75, 3.05) is 0 Å². The number of halogens is 1. The summed E-state index contributed by atoms with van der Waals surface area (Å²) in [6.07, 6.45) is 1.64. The molecule has 0 saturated heterocycles. The van der Waals surface area contributed by atoms with Crippen LogP contribution in [0.1, 0.15) is 0 Å². The van der Waals surface area contributed by atoms with Gasteiger partial charge in [0.1, 0.15) is 15.8 Å². The number of hydrogen-bond donors (Lipinski definition) is 0. The highest BCUT2D eigenvalue weighted by atomic mass is 35.5. The first-order chi connectivity index (χ1) is 14.8.